The summed E-state index contributed by atoms with van der Waals surface area (Å²) < 4.78 is 29.6. The fraction of sp³-hybridized carbons (Fsp3) is 0.625. The molecular formula is C16H24F2N2O. The van der Waals surface area contributed by atoms with E-state index >= 15 is 0 Å². The Bertz CT molecular complexity index is 428. The van der Waals surface area contributed by atoms with Gasteiger partial charge in [0.25, 0.3) is 0 Å². The number of halogens is 2. The van der Waals surface area contributed by atoms with Crippen molar-refractivity contribution in [1.29, 1.82) is 0 Å². The summed E-state index contributed by atoms with van der Waals surface area (Å²) in [5, 5.41) is 3.19. The lowest BCUT2D eigenvalue weighted by molar-refractivity contribution is -0.0509. The van der Waals surface area contributed by atoms with Crippen LogP contribution in [0.3, 0.4) is 0 Å². The summed E-state index contributed by atoms with van der Waals surface area (Å²) >= 11 is 0. The molecule has 1 unspecified atom stereocenters. The first-order valence-corrected chi connectivity index (χ1v) is 7.62. The van der Waals surface area contributed by atoms with E-state index < -0.39 is 6.61 Å². The van der Waals surface area contributed by atoms with E-state index in [1.807, 2.05) is 19.2 Å². The van der Waals surface area contributed by atoms with Crippen LogP contribution in [0.25, 0.3) is 0 Å². The molecule has 21 heavy (non-hydrogen) atoms. The van der Waals surface area contributed by atoms with E-state index in [4.69, 9.17) is 0 Å². The average molecular weight is 298 g/mol. The van der Waals surface area contributed by atoms with E-state index in [-0.39, 0.29) is 0 Å². The third-order valence-electron chi connectivity index (χ3n) is 4.04. The van der Waals surface area contributed by atoms with Gasteiger partial charge in [-0.1, -0.05) is 24.6 Å². The first-order chi connectivity index (χ1) is 10.2. The van der Waals surface area contributed by atoms with Crippen molar-refractivity contribution in [2.45, 2.75) is 44.9 Å². The van der Waals surface area contributed by atoms with E-state index in [0.29, 0.717) is 18.3 Å². The van der Waals surface area contributed by atoms with Gasteiger partial charge >= 0.3 is 6.61 Å². The third kappa shape index (κ3) is 4.93. The van der Waals surface area contributed by atoms with Gasteiger partial charge < -0.3 is 10.1 Å². The predicted molar refractivity (Wildman–Crippen MR) is 79.7 cm³/mol. The predicted octanol–water partition coefficient (Wildman–Crippen LogP) is 3.25. The van der Waals surface area contributed by atoms with Crippen LogP contribution in [0.2, 0.25) is 0 Å². The van der Waals surface area contributed by atoms with Crippen LogP contribution in [0, 0.1) is 0 Å². The molecule has 0 spiro atoms. The number of piperidine rings is 1. The van der Waals surface area contributed by atoms with Gasteiger partial charge in [-0.25, -0.2) is 0 Å². The number of rotatable bonds is 7. The average Bonchev–Trinajstić information content (AvgIpc) is 2.48. The number of nitrogens with zero attached hydrogens (tertiary/aromatic N) is 1. The normalized spacial score (nSPS) is 19.9. The van der Waals surface area contributed by atoms with Gasteiger partial charge in [0.1, 0.15) is 5.75 Å². The highest BCUT2D eigenvalue weighted by Crippen LogP contribution is 2.26. The molecule has 0 radical (unpaired) electrons. The molecule has 118 valence electrons. The molecule has 2 rings (SSSR count). The fourth-order valence-corrected chi connectivity index (χ4v) is 2.97. The van der Waals surface area contributed by atoms with Crippen molar-refractivity contribution >= 4 is 0 Å². The Balaban J connectivity index is 2.04. The molecule has 3 nitrogen and oxygen atoms in total. The minimum atomic E-state index is -2.77. The second kappa shape index (κ2) is 8.29. The maximum Gasteiger partial charge on any atom is 0.387 e. The Morgan fingerprint density at radius 1 is 1.33 bits per heavy atom. The van der Waals surface area contributed by atoms with Gasteiger partial charge in [-0.05, 0) is 45.5 Å². The molecule has 1 aliphatic heterocycles. The molecule has 1 atom stereocenters. The number of benzene rings is 1. The summed E-state index contributed by atoms with van der Waals surface area (Å²) in [6, 6.07) is 7.62. The summed E-state index contributed by atoms with van der Waals surface area (Å²) in [6.45, 7) is -0.0852. The zero-order valence-electron chi connectivity index (χ0n) is 12.5. The number of nitrogens with one attached hydrogen (secondary N) is 1. The Morgan fingerprint density at radius 3 is 2.90 bits per heavy atom. The van der Waals surface area contributed by atoms with Gasteiger partial charge in [0.15, 0.2) is 0 Å². The zero-order valence-corrected chi connectivity index (χ0v) is 12.5. The quantitative estimate of drug-likeness (QED) is 0.836. The van der Waals surface area contributed by atoms with E-state index in [9.17, 15) is 8.78 Å². The van der Waals surface area contributed by atoms with Gasteiger partial charge in [0.05, 0.1) is 0 Å². The summed E-state index contributed by atoms with van der Waals surface area (Å²) in [7, 11) is 1.96. The molecule has 5 heteroatoms. The van der Waals surface area contributed by atoms with Crippen LogP contribution in [0.1, 0.15) is 31.2 Å². The summed E-state index contributed by atoms with van der Waals surface area (Å²) in [5.41, 5.74) is 0.842. The molecule has 0 aliphatic carbocycles. The molecule has 1 fully saturated rings. The highest BCUT2D eigenvalue weighted by molar-refractivity contribution is 5.33. The Morgan fingerprint density at radius 2 is 2.14 bits per heavy atom. The van der Waals surface area contributed by atoms with Gasteiger partial charge in [-0.3, -0.25) is 4.90 Å². The van der Waals surface area contributed by atoms with Gasteiger partial charge in [0.2, 0.25) is 0 Å². The molecule has 0 aromatic heterocycles. The van der Waals surface area contributed by atoms with Crippen LogP contribution in [-0.2, 0) is 6.54 Å². The second-order valence-electron chi connectivity index (χ2n) is 5.50. The Hall–Kier alpha value is -1.20. The number of likely N-dealkylation sites (tertiary alicyclic amines) is 1. The third-order valence-corrected chi connectivity index (χ3v) is 4.04. The molecular weight excluding hydrogens is 274 g/mol. The maximum absolute atomic E-state index is 12.5. The Kier molecular flexibility index (Phi) is 6.39. The van der Waals surface area contributed by atoms with E-state index in [0.717, 1.165) is 25.1 Å². The molecule has 0 bridgehead atoms. The Labute approximate surface area is 125 Å². The van der Waals surface area contributed by atoms with Crippen LogP contribution in [0.15, 0.2) is 24.3 Å². The van der Waals surface area contributed by atoms with Crippen molar-refractivity contribution in [2.24, 2.45) is 0 Å². The molecule has 0 amide bonds. The fourth-order valence-electron chi connectivity index (χ4n) is 2.97. The van der Waals surface area contributed by atoms with E-state index in [2.05, 4.69) is 15.0 Å². The van der Waals surface area contributed by atoms with Crippen molar-refractivity contribution in [3.05, 3.63) is 29.8 Å². The lowest BCUT2D eigenvalue weighted by Crippen LogP contribution is -2.40. The molecule has 1 aromatic carbocycles. The first kappa shape index (κ1) is 16.2. The van der Waals surface area contributed by atoms with Crippen molar-refractivity contribution in [2.75, 3.05) is 20.1 Å². The monoisotopic (exact) mass is 298 g/mol. The zero-order chi connectivity index (χ0) is 15.1. The largest absolute Gasteiger partial charge is 0.434 e. The van der Waals surface area contributed by atoms with Crippen LogP contribution in [0.4, 0.5) is 8.78 Å². The van der Waals surface area contributed by atoms with Crippen LogP contribution >= 0.6 is 0 Å². The van der Waals surface area contributed by atoms with Crippen LogP contribution < -0.4 is 10.1 Å². The number of ether oxygens (including phenoxy) is 1. The molecule has 0 saturated carbocycles. The van der Waals surface area contributed by atoms with E-state index in [1.54, 1.807) is 12.1 Å². The van der Waals surface area contributed by atoms with Gasteiger partial charge in [-0.15, -0.1) is 0 Å². The summed E-state index contributed by atoms with van der Waals surface area (Å²) in [4.78, 5) is 2.40. The van der Waals surface area contributed by atoms with Crippen molar-refractivity contribution in [3.8, 4) is 5.75 Å². The smallest absolute Gasteiger partial charge is 0.387 e. The highest BCUT2D eigenvalue weighted by Gasteiger charge is 2.23. The molecule has 1 aromatic rings. The first-order valence-electron chi connectivity index (χ1n) is 7.62. The van der Waals surface area contributed by atoms with Crippen LogP contribution in [0.5, 0.6) is 5.75 Å². The maximum atomic E-state index is 12.5. The van der Waals surface area contributed by atoms with Gasteiger partial charge in [-0.2, -0.15) is 8.78 Å². The number of hydrogen-bond acceptors (Lipinski definition) is 3. The van der Waals surface area contributed by atoms with Crippen molar-refractivity contribution in [1.82, 2.24) is 10.2 Å². The van der Waals surface area contributed by atoms with Gasteiger partial charge in [0, 0.05) is 18.2 Å². The number of para-hydroxylation sites is 1. The van der Waals surface area contributed by atoms with Crippen molar-refractivity contribution < 1.29 is 13.5 Å². The molecule has 1 aliphatic rings. The topological polar surface area (TPSA) is 24.5 Å². The minimum absolute atomic E-state index is 0.297. The highest BCUT2D eigenvalue weighted by atomic mass is 19.3. The number of alkyl halides is 2. The standard InChI is InChI=1S/C16H24F2N2O/c1-19-10-9-14-7-4-5-11-20(14)12-13-6-2-3-8-15(13)21-16(17)18/h2-3,6,8,14,16,19H,4-5,7,9-12H2,1H3. The lowest BCUT2D eigenvalue weighted by Gasteiger charge is -2.36. The number of hydrogen-bond donors (Lipinski definition) is 1. The van der Waals surface area contributed by atoms with E-state index in [1.165, 1.54) is 19.3 Å². The minimum Gasteiger partial charge on any atom is -0.434 e. The van der Waals surface area contributed by atoms with Crippen LogP contribution in [-0.4, -0.2) is 37.7 Å². The molecule has 1 saturated heterocycles. The summed E-state index contributed by atoms with van der Waals surface area (Å²) in [6.07, 6.45) is 4.70. The lowest BCUT2D eigenvalue weighted by atomic mass is 9.98. The molecule has 1 N–H and O–H groups in total. The SMILES string of the molecule is CNCCC1CCCCN1Cc1ccccc1OC(F)F. The summed E-state index contributed by atoms with van der Waals surface area (Å²) in [5.74, 6) is 0.297. The van der Waals surface area contributed by atoms with Crippen molar-refractivity contribution in [3.63, 3.8) is 0 Å². The molecule has 1 heterocycles. The second-order valence-corrected chi connectivity index (χ2v) is 5.50.